The van der Waals surface area contributed by atoms with Gasteiger partial charge >= 0.3 is 0 Å². The predicted octanol–water partition coefficient (Wildman–Crippen LogP) is 4.08. The number of nitrogens with one attached hydrogen (secondary N) is 1. The van der Waals surface area contributed by atoms with E-state index in [1.165, 1.54) is 0 Å². The summed E-state index contributed by atoms with van der Waals surface area (Å²) in [5.41, 5.74) is 1.15. The standard InChI is InChI=1S/C14H9BrClNO2/c15-10-6-7-11(13(16)18)12(8-10)17-14(19)9-4-2-1-3-5-9/h1-8H,(H,17,19). The first-order valence-corrected chi connectivity index (χ1v) is 6.61. The van der Waals surface area contributed by atoms with Gasteiger partial charge < -0.3 is 5.32 Å². The van der Waals surface area contributed by atoms with E-state index in [1.54, 1.807) is 42.5 Å². The highest BCUT2D eigenvalue weighted by atomic mass is 79.9. The molecule has 3 nitrogen and oxygen atoms in total. The first-order chi connectivity index (χ1) is 9.08. The molecule has 0 unspecified atom stereocenters. The molecular weight excluding hydrogens is 330 g/mol. The van der Waals surface area contributed by atoms with Crippen molar-refractivity contribution in [2.24, 2.45) is 0 Å². The Hall–Kier alpha value is -1.65. The van der Waals surface area contributed by atoms with Crippen LogP contribution >= 0.6 is 27.5 Å². The van der Waals surface area contributed by atoms with Crippen LogP contribution in [0.1, 0.15) is 20.7 Å². The van der Waals surface area contributed by atoms with Gasteiger partial charge in [-0.2, -0.15) is 0 Å². The van der Waals surface area contributed by atoms with Crippen LogP contribution in [0.15, 0.2) is 53.0 Å². The maximum atomic E-state index is 12.0. The first-order valence-electron chi connectivity index (χ1n) is 5.43. The Morgan fingerprint density at radius 1 is 1.05 bits per heavy atom. The molecule has 0 radical (unpaired) electrons. The zero-order valence-electron chi connectivity index (χ0n) is 9.69. The predicted molar refractivity (Wildman–Crippen MR) is 78.7 cm³/mol. The van der Waals surface area contributed by atoms with E-state index < -0.39 is 5.24 Å². The van der Waals surface area contributed by atoms with Crippen molar-refractivity contribution in [2.75, 3.05) is 5.32 Å². The van der Waals surface area contributed by atoms with Crippen molar-refractivity contribution in [1.82, 2.24) is 0 Å². The lowest BCUT2D eigenvalue weighted by molar-refractivity contribution is 0.102. The van der Waals surface area contributed by atoms with Crippen molar-refractivity contribution in [1.29, 1.82) is 0 Å². The quantitative estimate of drug-likeness (QED) is 0.857. The number of hydrogen-bond donors (Lipinski definition) is 1. The third-order valence-electron chi connectivity index (χ3n) is 2.48. The summed E-state index contributed by atoms with van der Waals surface area (Å²) in [5.74, 6) is -0.294. The van der Waals surface area contributed by atoms with E-state index in [1.807, 2.05) is 6.07 Å². The Morgan fingerprint density at radius 2 is 1.74 bits per heavy atom. The smallest absolute Gasteiger partial charge is 0.255 e. The van der Waals surface area contributed by atoms with Crippen LogP contribution in [0.4, 0.5) is 5.69 Å². The summed E-state index contributed by atoms with van der Waals surface area (Å²) in [4.78, 5) is 23.3. The Bertz CT molecular complexity index is 629. The molecule has 5 heteroatoms. The third-order valence-corrected chi connectivity index (χ3v) is 3.17. The zero-order chi connectivity index (χ0) is 13.8. The molecule has 0 bridgehead atoms. The molecular formula is C14H9BrClNO2. The fourth-order valence-electron chi connectivity index (χ4n) is 1.58. The molecule has 2 aromatic carbocycles. The summed E-state index contributed by atoms with van der Waals surface area (Å²) >= 11 is 8.77. The van der Waals surface area contributed by atoms with Crippen LogP contribution in [0.2, 0.25) is 0 Å². The molecule has 0 aromatic heterocycles. The van der Waals surface area contributed by atoms with Gasteiger partial charge in [0.25, 0.3) is 11.1 Å². The van der Waals surface area contributed by atoms with E-state index in [9.17, 15) is 9.59 Å². The van der Waals surface area contributed by atoms with Crippen molar-refractivity contribution in [3.63, 3.8) is 0 Å². The van der Waals surface area contributed by atoms with Gasteiger partial charge in [0, 0.05) is 10.0 Å². The van der Waals surface area contributed by atoms with Crippen LogP contribution in [-0.4, -0.2) is 11.1 Å². The number of carbonyl (C=O) groups excluding carboxylic acids is 2. The van der Waals surface area contributed by atoms with Crippen LogP contribution in [0.3, 0.4) is 0 Å². The van der Waals surface area contributed by atoms with Gasteiger partial charge in [0.05, 0.1) is 11.3 Å². The van der Waals surface area contributed by atoms with E-state index in [4.69, 9.17) is 11.6 Å². The van der Waals surface area contributed by atoms with Crippen LogP contribution in [0.5, 0.6) is 0 Å². The maximum Gasteiger partial charge on any atom is 0.255 e. The summed E-state index contributed by atoms with van der Waals surface area (Å²) in [6.07, 6.45) is 0. The second-order valence-electron chi connectivity index (χ2n) is 3.78. The minimum Gasteiger partial charge on any atom is -0.321 e. The lowest BCUT2D eigenvalue weighted by Crippen LogP contribution is -2.13. The van der Waals surface area contributed by atoms with E-state index in [2.05, 4.69) is 21.2 Å². The average molecular weight is 339 g/mol. The van der Waals surface area contributed by atoms with E-state index in [-0.39, 0.29) is 11.5 Å². The van der Waals surface area contributed by atoms with E-state index in [0.29, 0.717) is 11.3 Å². The molecule has 0 fully saturated rings. The molecule has 0 atom stereocenters. The molecule has 0 aliphatic heterocycles. The van der Waals surface area contributed by atoms with Crippen molar-refractivity contribution < 1.29 is 9.59 Å². The first kappa shape index (κ1) is 13.8. The normalized spacial score (nSPS) is 10.0. The number of amides is 1. The minimum atomic E-state index is -0.615. The number of anilines is 1. The van der Waals surface area contributed by atoms with Crippen molar-refractivity contribution in [3.8, 4) is 0 Å². The van der Waals surface area contributed by atoms with Gasteiger partial charge in [0.1, 0.15) is 0 Å². The molecule has 2 aromatic rings. The SMILES string of the molecule is O=C(Nc1cc(Br)ccc1C(=O)Cl)c1ccccc1. The Balaban J connectivity index is 2.31. The van der Waals surface area contributed by atoms with E-state index in [0.717, 1.165) is 4.47 Å². The number of rotatable bonds is 3. The number of carbonyl (C=O) groups is 2. The molecule has 0 saturated heterocycles. The van der Waals surface area contributed by atoms with Crippen LogP contribution in [0, 0.1) is 0 Å². The monoisotopic (exact) mass is 337 g/mol. The van der Waals surface area contributed by atoms with Gasteiger partial charge in [-0.25, -0.2) is 0 Å². The van der Waals surface area contributed by atoms with Crippen LogP contribution in [-0.2, 0) is 0 Å². The Morgan fingerprint density at radius 3 is 2.37 bits per heavy atom. The van der Waals surface area contributed by atoms with Crippen molar-refractivity contribution in [2.45, 2.75) is 0 Å². The summed E-state index contributed by atoms with van der Waals surface area (Å²) in [7, 11) is 0. The fourth-order valence-corrected chi connectivity index (χ4v) is 2.10. The summed E-state index contributed by atoms with van der Waals surface area (Å²) < 4.78 is 0.748. The third kappa shape index (κ3) is 3.43. The molecule has 0 saturated carbocycles. The minimum absolute atomic E-state index is 0.258. The Labute approximate surface area is 123 Å². The van der Waals surface area contributed by atoms with Crippen molar-refractivity contribution >= 4 is 44.4 Å². The van der Waals surface area contributed by atoms with Crippen LogP contribution < -0.4 is 5.32 Å². The largest absolute Gasteiger partial charge is 0.321 e. The molecule has 0 heterocycles. The van der Waals surface area contributed by atoms with Gasteiger partial charge in [-0.3, -0.25) is 9.59 Å². The highest BCUT2D eigenvalue weighted by Gasteiger charge is 2.13. The lowest BCUT2D eigenvalue weighted by Gasteiger charge is -2.09. The molecule has 96 valence electrons. The lowest BCUT2D eigenvalue weighted by atomic mass is 10.1. The van der Waals surface area contributed by atoms with Crippen LogP contribution in [0.25, 0.3) is 0 Å². The molecule has 1 amide bonds. The summed E-state index contributed by atoms with van der Waals surface area (Å²) in [5, 5.41) is 2.06. The van der Waals surface area contributed by atoms with Gasteiger partial charge in [-0.15, -0.1) is 0 Å². The summed E-state index contributed by atoms with van der Waals surface area (Å²) in [6, 6.07) is 13.6. The highest BCUT2D eigenvalue weighted by molar-refractivity contribution is 9.10. The maximum absolute atomic E-state index is 12.0. The molecule has 1 N–H and O–H groups in total. The number of halogens is 2. The zero-order valence-corrected chi connectivity index (χ0v) is 12.0. The second-order valence-corrected chi connectivity index (χ2v) is 5.04. The van der Waals surface area contributed by atoms with Gasteiger partial charge in [-0.05, 0) is 41.9 Å². The molecule has 19 heavy (non-hydrogen) atoms. The van der Waals surface area contributed by atoms with Gasteiger partial charge in [-0.1, -0.05) is 34.1 Å². The summed E-state index contributed by atoms with van der Waals surface area (Å²) in [6.45, 7) is 0. The van der Waals surface area contributed by atoms with Gasteiger partial charge in [0.2, 0.25) is 0 Å². The second kappa shape index (κ2) is 5.99. The van der Waals surface area contributed by atoms with Crippen molar-refractivity contribution in [3.05, 3.63) is 64.1 Å². The Kier molecular flexibility index (Phi) is 4.35. The number of hydrogen-bond acceptors (Lipinski definition) is 2. The fraction of sp³-hybridized carbons (Fsp3) is 0. The molecule has 0 aliphatic carbocycles. The highest BCUT2D eigenvalue weighted by Crippen LogP contribution is 2.23. The van der Waals surface area contributed by atoms with Gasteiger partial charge in [0.15, 0.2) is 0 Å². The number of benzene rings is 2. The molecule has 0 aliphatic rings. The van der Waals surface area contributed by atoms with E-state index >= 15 is 0 Å². The average Bonchev–Trinajstić information content (AvgIpc) is 2.39. The molecule has 2 rings (SSSR count). The molecule has 0 spiro atoms. The topological polar surface area (TPSA) is 46.2 Å².